The van der Waals surface area contributed by atoms with Gasteiger partial charge in [0.25, 0.3) is 0 Å². The summed E-state index contributed by atoms with van der Waals surface area (Å²) in [7, 11) is 1.67. The molecule has 0 N–H and O–H groups in total. The van der Waals surface area contributed by atoms with Crippen LogP contribution in [0.2, 0.25) is 5.02 Å². The largest absolute Gasteiger partial charge is 0.383 e. The Morgan fingerprint density at radius 2 is 2.16 bits per heavy atom. The van der Waals surface area contributed by atoms with Gasteiger partial charge in [-0.05, 0) is 18.2 Å². The first kappa shape index (κ1) is 15.0. The topological polar surface area (TPSA) is 39.9 Å². The van der Waals surface area contributed by atoms with Crippen LogP contribution in [0.1, 0.15) is 5.82 Å². The van der Waals surface area contributed by atoms with E-state index in [1.807, 2.05) is 22.8 Å². The van der Waals surface area contributed by atoms with Gasteiger partial charge in [0.05, 0.1) is 17.0 Å². The summed E-state index contributed by atoms with van der Waals surface area (Å²) in [4.78, 5) is 0. The Balaban J connectivity index is 2.49. The van der Waals surface area contributed by atoms with E-state index in [4.69, 9.17) is 16.3 Å². The summed E-state index contributed by atoms with van der Waals surface area (Å²) in [6.07, 6.45) is 0. The van der Waals surface area contributed by atoms with Crippen LogP contribution in [0.25, 0.3) is 11.4 Å². The fourth-order valence-corrected chi connectivity index (χ4v) is 2.70. The molecule has 0 bridgehead atoms. The number of benzene rings is 1. The molecule has 2 rings (SSSR count). The first-order valence-corrected chi connectivity index (χ1v) is 7.89. The standard InChI is InChI=1S/C12H12Br2ClN3O/c1-19-5-4-18-11(7-13)16-17-12(18)9-6-8(14)2-3-10(9)15/h2-3,6H,4-5,7H2,1H3. The van der Waals surface area contributed by atoms with Crippen molar-refractivity contribution in [3.05, 3.63) is 33.5 Å². The number of nitrogens with zero attached hydrogens (tertiary/aromatic N) is 3. The maximum atomic E-state index is 6.24. The minimum atomic E-state index is 0.594. The maximum absolute atomic E-state index is 6.24. The molecule has 0 atom stereocenters. The first-order chi connectivity index (χ1) is 9.17. The summed E-state index contributed by atoms with van der Waals surface area (Å²) in [6, 6.07) is 5.67. The van der Waals surface area contributed by atoms with E-state index in [9.17, 15) is 0 Å². The monoisotopic (exact) mass is 407 g/mol. The fraction of sp³-hybridized carbons (Fsp3) is 0.333. The zero-order chi connectivity index (χ0) is 13.8. The van der Waals surface area contributed by atoms with E-state index in [1.165, 1.54) is 0 Å². The lowest BCUT2D eigenvalue weighted by atomic mass is 10.2. The van der Waals surface area contributed by atoms with E-state index in [2.05, 4.69) is 42.1 Å². The number of hydrogen-bond acceptors (Lipinski definition) is 3. The second-order valence-corrected chi connectivity index (χ2v) is 5.73. The Morgan fingerprint density at radius 3 is 2.84 bits per heavy atom. The van der Waals surface area contributed by atoms with Crippen molar-refractivity contribution < 1.29 is 4.74 Å². The van der Waals surface area contributed by atoms with Crippen molar-refractivity contribution in [3.63, 3.8) is 0 Å². The van der Waals surface area contributed by atoms with Crippen LogP contribution in [-0.2, 0) is 16.6 Å². The van der Waals surface area contributed by atoms with Gasteiger partial charge >= 0.3 is 0 Å². The third-order valence-electron chi connectivity index (χ3n) is 2.64. The van der Waals surface area contributed by atoms with Crippen LogP contribution in [0.4, 0.5) is 0 Å². The highest BCUT2D eigenvalue weighted by molar-refractivity contribution is 9.10. The minimum Gasteiger partial charge on any atom is -0.383 e. The molecular weight excluding hydrogens is 397 g/mol. The molecule has 0 aliphatic rings. The van der Waals surface area contributed by atoms with Gasteiger partial charge in [-0.25, -0.2) is 0 Å². The van der Waals surface area contributed by atoms with Gasteiger partial charge in [-0.2, -0.15) is 0 Å². The number of alkyl halides is 1. The molecule has 4 nitrogen and oxygen atoms in total. The SMILES string of the molecule is COCCn1c(CBr)nnc1-c1cc(Br)ccc1Cl. The Kier molecular flexibility index (Phi) is 5.38. The zero-order valence-corrected chi connectivity index (χ0v) is 14.2. The zero-order valence-electron chi connectivity index (χ0n) is 10.2. The van der Waals surface area contributed by atoms with E-state index < -0.39 is 0 Å². The third kappa shape index (κ3) is 3.37. The molecule has 102 valence electrons. The number of hydrogen-bond donors (Lipinski definition) is 0. The average molecular weight is 410 g/mol. The normalized spacial score (nSPS) is 10.9. The summed E-state index contributed by atoms with van der Waals surface area (Å²) < 4.78 is 8.08. The quantitative estimate of drug-likeness (QED) is 0.703. The molecule has 2 aromatic rings. The van der Waals surface area contributed by atoms with Crippen LogP contribution >= 0.6 is 43.5 Å². The molecule has 0 aliphatic carbocycles. The lowest BCUT2D eigenvalue weighted by Crippen LogP contribution is -2.09. The van der Waals surface area contributed by atoms with Gasteiger partial charge in [0, 0.05) is 23.7 Å². The second kappa shape index (κ2) is 6.83. The van der Waals surface area contributed by atoms with Gasteiger partial charge in [0.1, 0.15) is 5.82 Å². The number of rotatable bonds is 5. The molecule has 1 aromatic heterocycles. The van der Waals surface area contributed by atoms with Crippen molar-refractivity contribution in [1.29, 1.82) is 0 Å². The van der Waals surface area contributed by atoms with Gasteiger partial charge in [-0.15, -0.1) is 10.2 Å². The van der Waals surface area contributed by atoms with Gasteiger partial charge in [-0.3, -0.25) is 0 Å². The predicted octanol–water partition coefficient (Wildman–Crippen LogP) is 3.90. The number of aromatic nitrogens is 3. The molecule has 0 fully saturated rings. The molecule has 0 saturated carbocycles. The van der Waals surface area contributed by atoms with Crippen LogP contribution in [-0.4, -0.2) is 28.5 Å². The summed E-state index contributed by atoms with van der Waals surface area (Å²) in [6.45, 7) is 1.28. The molecule has 7 heteroatoms. The van der Waals surface area contributed by atoms with Crippen LogP contribution in [0.3, 0.4) is 0 Å². The van der Waals surface area contributed by atoms with Crippen molar-refractivity contribution in [2.45, 2.75) is 11.9 Å². The number of halogens is 3. The number of ether oxygens (including phenoxy) is 1. The fourth-order valence-electron chi connectivity index (χ4n) is 1.72. The van der Waals surface area contributed by atoms with E-state index in [-0.39, 0.29) is 0 Å². The van der Waals surface area contributed by atoms with Crippen molar-refractivity contribution in [2.75, 3.05) is 13.7 Å². The molecule has 0 aliphatic heterocycles. The first-order valence-electron chi connectivity index (χ1n) is 5.59. The van der Waals surface area contributed by atoms with E-state index in [0.717, 1.165) is 21.7 Å². The van der Waals surface area contributed by atoms with Crippen LogP contribution in [0, 0.1) is 0 Å². The molecule has 0 saturated heterocycles. The van der Waals surface area contributed by atoms with Gasteiger partial charge in [-0.1, -0.05) is 43.5 Å². The maximum Gasteiger partial charge on any atom is 0.165 e. The highest BCUT2D eigenvalue weighted by Crippen LogP contribution is 2.30. The highest BCUT2D eigenvalue weighted by atomic mass is 79.9. The summed E-state index contributed by atoms with van der Waals surface area (Å²) in [5, 5.41) is 9.69. The molecule has 19 heavy (non-hydrogen) atoms. The van der Waals surface area contributed by atoms with Gasteiger partial charge < -0.3 is 9.30 Å². The Hall–Kier alpha value is -0.430. The van der Waals surface area contributed by atoms with Crippen molar-refractivity contribution in [2.24, 2.45) is 0 Å². The van der Waals surface area contributed by atoms with Crippen molar-refractivity contribution in [1.82, 2.24) is 14.8 Å². The average Bonchev–Trinajstić information content (AvgIpc) is 2.81. The Labute approximate surface area is 133 Å². The lowest BCUT2D eigenvalue weighted by Gasteiger charge is -2.10. The summed E-state index contributed by atoms with van der Waals surface area (Å²) >= 11 is 13.1. The molecule has 1 aromatic carbocycles. The van der Waals surface area contributed by atoms with Gasteiger partial charge in [0.2, 0.25) is 0 Å². The van der Waals surface area contributed by atoms with Crippen LogP contribution in [0.15, 0.2) is 22.7 Å². The number of methoxy groups -OCH3 is 1. The van der Waals surface area contributed by atoms with E-state index in [1.54, 1.807) is 7.11 Å². The lowest BCUT2D eigenvalue weighted by molar-refractivity contribution is 0.187. The molecule has 1 heterocycles. The van der Waals surface area contributed by atoms with E-state index in [0.29, 0.717) is 23.5 Å². The van der Waals surface area contributed by atoms with E-state index >= 15 is 0 Å². The molecule has 0 unspecified atom stereocenters. The summed E-state index contributed by atoms with van der Waals surface area (Å²) in [5.74, 6) is 1.60. The Bertz CT molecular complexity index is 574. The Morgan fingerprint density at radius 1 is 1.37 bits per heavy atom. The van der Waals surface area contributed by atoms with Crippen molar-refractivity contribution >= 4 is 43.5 Å². The van der Waals surface area contributed by atoms with Crippen LogP contribution < -0.4 is 0 Å². The van der Waals surface area contributed by atoms with Crippen LogP contribution in [0.5, 0.6) is 0 Å². The molecule has 0 radical (unpaired) electrons. The second-order valence-electron chi connectivity index (χ2n) is 3.84. The molecule has 0 spiro atoms. The van der Waals surface area contributed by atoms with Gasteiger partial charge in [0.15, 0.2) is 5.82 Å². The third-order valence-corrected chi connectivity index (χ3v) is 3.96. The highest BCUT2D eigenvalue weighted by Gasteiger charge is 2.15. The van der Waals surface area contributed by atoms with Crippen molar-refractivity contribution in [3.8, 4) is 11.4 Å². The smallest absolute Gasteiger partial charge is 0.165 e. The minimum absolute atomic E-state index is 0.594. The molecular formula is C12H12Br2ClN3O. The summed E-state index contributed by atoms with van der Waals surface area (Å²) in [5.41, 5.74) is 0.854. The predicted molar refractivity (Wildman–Crippen MR) is 82.7 cm³/mol. The molecule has 0 amide bonds.